The van der Waals surface area contributed by atoms with Gasteiger partial charge in [0.05, 0.1) is 5.69 Å². The molecule has 0 aliphatic rings. The maximum Gasteiger partial charge on any atom is 0.387 e. The van der Waals surface area contributed by atoms with Crippen LogP contribution in [0.2, 0.25) is 0 Å². The molecule has 1 aromatic heterocycles. The number of alkyl halides is 2. The smallest absolute Gasteiger partial charge is 0.387 e. The second-order valence-electron chi connectivity index (χ2n) is 4.60. The SMILES string of the molecule is Cc1ccc(OC(F)F)c(NC(=O)c2ccnn2CC(=O)O)c1. The number of rotatable bonds is 6. The maximum atomic E-state index is 12.4. The van der Waals surface area contributed by atoms with E-state index in [1.54, 1.807) is 13.0 Å². The van der Waals surface area contributed by atoms with Crippen LogP contribution < -0.4 is 10.1 Å². The summed E-state index contributed by atoms with van der Waals surface area (Å²) < 4.78 is 30.1. The number of nitrogens with zero attached hydrogens (tertiary/aromatic N) is 2. The van der Waals surface area contributed by atoms with Crippen molar-refractivity contribution in [2.45, 2.75) is 20.1 Å². The minimum absolute atomic E-state index is 0.0168. The molecule has 0 fully saturated rings. The number of halogens is 2. The topological polar surface area (TPSA) is 93.5 Å². The Bertz CT molecular complexity index is 731. The van der Waals surface area contributed by atoms with Crippen LogP contribution in [0.4, 0.5) is 14.5 Å². The normalized spacial score (nSPS) is 10.6. The molecule has 23 heavy (non-hydrogen) atoms. The van der Waals surface area contributed by atoms with Gasteiger partial charge in [0.15, 0.2) is 0 Å². The zero-order valence-electron chi connectivity index (χ0n) is 12.0. The summed E-state index contributed by atoms with van der Waals surface area (Å²) in [7, 11) is 0. The minimum Gasteiger partial charge on any atom is -0.480 e. The highest BCUT2D eigenvalue weighted by Crippen LogP contribution is 2.27. The van der Waals surface area contributed by atoms with Crippen LogP contribution in [0.15, 0.2) is 30.5 Å². The molecule has 0 unspecified atom stereocenters. The van der Waals surface area contributed by atoms with Gasteiger partial charge in [-0.05, 0) is 30.7 Å². The van der Waals surface area contributed by atoms with E-state index < -0.39 is 25.0 Å². The summed E-state index contributed by atoms with van der Waals surface area (Å²) in [5.74, 6) is -2.04. The number of nitrogens with one attached hydrogen (secondary N) is 1. The summed E-state index contributed by atoms with van der Waals surface area (Å²) >= 11 is 0. The van der Waals surface area contributed by atoms with Gasteiger partial charge in [-0.1, -0.05) is 6.07 Å². The van der Waals surface area contributed by atoms with Gasteiger partial charge < -0.3 is 15.2 Å². The third-order valence-corrected chi connectivity index (χ3v) is 2.83. The van der Waals surface area contributed by atoms with E-state index >= 15 is 0 Å². The number of carbonyl (C=O) groups excluding carboxylic acids is 1. The number of aryl methyl sites for hydroxylation is 1. The first-order chi connectivity index (χ1) is 10.9. The van der Waals surface area contributed by atoms with Crippen molar-refractivity contribution in [2.75, 3.05) is 5.32 Å². The summed E-state index contributed by atoms with van der Waals surface area (Å²) in [6.45, 7) is -1.81. The molecule has 0 aliphatic heterocycles. The van der Waals surface area contributed by atoms with Gasteiger partial charge in [-0.15, -0.1) is 0 Å². The van der Waals surface area contributed by atoms with E-state index in [2.05, 4.69) is 15.2 Å². The molecule has 1 aromatic carbocycles. The Labute approximate surface area is 129 Å². The average molecular weight is 325 g/mol. The second kappa shape index (κ2) is 6.86. The molecule has 2 aromatic rings. The Hall–Kier alpha value is -2.97. The second-order valence-corrected chi connectivity index (χ2v) is 4.60. The van der Waals surface area contributed by atoms with Crippen LogP contribution in [-0.2, 0) is 11.3 Å². The quantitative estimate of drug-likeness (QED) is 0.848. The molecule has 122 valence electrons. The molecule has 0 atom stereocenters. The number of carboxylic acids is 1. The third-order valence-electron chi connectivity index (χ3n) is 2.83. The van der Waals surface area contributed by atoms with Crippen LogP contribution in [0.25, 0.3) is 0 Å². The van der Waals surface area contributed by atoms with Crippen LogP contribution in [0, 0.1) is 6.92 Å². The van der Waals surface area contributed by atoms with Crippen LogP contribution in [0.1, 0.15) is 16.1 Å². The lowest BCUT2D eigenvalue weighted by Crippen LogP contribution is -2.21. The van der Waals surface area contributed by atoms with Gasteiger partial charge >= 0.3 is 12.6 Å². The van der Waals surface area contributed by atoms with E-state index in [4.69, 9.17) is 5.11 Å². The first-order valence-electron chi connectivity index (χ1n) is 6.47. The van der Waals surface area contributed by atoms with E-state index in [9.17, 15) is 18.4 Å². The van der Waals surface area contributed by atoms with Gasteiger partial charge in [-0.2, -0.15) is 13.9 Å². The molecule has 2 N–H and O–H groups in total. The molecule has 0 bridgehead atoms. The number of aliphatic carboxylic acids is 1. The van der Waals surface area contributed by atoms with E-state index in [0.29, 0.717) is 0 Å². The maximum absolute atomic E-state index is 12.4. The fourth-order valence-corrected chi connectivity index (χ4v) is 1.91. The Morgan fingerprint density at radius 2 is 2.13 bits per heavy atom. The van der Waals surface area contributed by atoms with Gasteiger partial charge in [-0.25, -0.2) is 4.68 Å². The summed E-state index contributed by atoms with van der Waals surface area (Å²) in [6, 6.07) is 5.66. The van der Waals surface area contributed by atoms with Crippen molar-refractivity contribution in [2.24, 2.45) is 0 Å². The lowest BCUT2D eigenvalue weighted by atomic mass is 10.2. The fraction of sp³-hybridized carbons (Fsp3) is 0.214. The molecule has 0 saturated carbocycles. The summed E-state index contributed by atoms with van der Waals surface area (Å²) in [5, 5.41) is 14.9. The number of carbonyl (C=O) groups is 2. The summed E-state index contributed by atoms with van der Waals surface area (Å²) in [4.78, 5) is 22.9. The molecule has 0 saturated heterocycles. The number of aromatic nitrogens is 2. The number of anilines is 1. The molecule has 2 rings (SSSR count). The molecular weight excluding hydrogens is 312 g/mol. The molecule has 0 radical (unpaired) electrons. The van der Waals surface area contributed by atoms with Gasteiger partial charge in [0, 0.05) is 6.20 Å². The molecule has 1 amide bonds. The van der Waals surface area contributed by atoms with E-state index in [0.717, 1.165) is 10.2 Å². The van der Waals surface area contributed by atoms with E-state index in [1.165, 1.54) is 24.4 Å². The van der Waals surface area contributed by atoms with Gasteiger partial charge in [0.1, 0.15) is 18.0 Å². The molecule has 0 spiro atoms. The Balaban J connectivity index is 2.25. The van der Waals surface area contributed by atoms with Crippen molar-refractivity contribution in [3.05, 3.63) is 41.7 Å². The Morgan fingerprint density at radius 3 is 2.78 bits per heavy atom. The fourth-order valence-electron chi connectivity index (χ4n) is 1.91. The van der Waals surface area contributed by atoms with Gasteiger partial charge in [-0.3, -0.25) is 9.59 Å². The van der Waals surface area contributed by atoms with Crippen molar-refractivity contribution in [3.8, 4) is 5.75 Å². The zero-order chi connectivity index (χ0) is 17.0. The molecule has 7 nitrogen and oxygen atoms in total. The predicted molar refractivity (Wildman–Crippen MR) is 75.6 cm³/mol. The minimum atomic E-state index is -3.04. The first kappa shape index (κ1) is 16.4. The molecule has 1 heterocycles. The number of amides is 1. The largest absolute Gasteiger partial charge is 0.480 e. The van der Waals surface area contributed by atoms with Crippen LogP contribution in [-0.4, -0.2) is 33.4 Å². The van der Waals surface area contributed by atoms with Crippen LogP contribution in [0.3, 0.4) is 0 Å². The summed E-state index contributed by atoms with van der Waals surface area (Å²) in [6.07, 6.45) is 1.27. The Kier molecular flexibility index (Phi) is 4.89. The lowest BCUT2D eigenvalue weighted by molar-refractivity contribution is -0.137. The van der Waals surface area contributed by atoms with Crippen molar-refractivity contribution in [1.82, 2.24) is 9.78 Å². The lowest BCUT2D eigenvalue weighted by Gasteiger charge is -2.13. The molecule has 9 heteroatoms. The van der Waals surface area contributed by atoms with Crippen molar-refractivity contribution in [1.29, 1.82) is 0 Å². The van der Waals surface area contributed by atoms with Gasteiger partial charge in [0.2, 0.25) is 0 Å². The highest BCUT2D eigenvalue weighted by molar-refractivity contribution is 6.04. The van der Waals surface area contributed by atoms with E-state index in [1.807, 2.05) is 0 Å². The number of carboxylic acid groups (broad SMARTS) is 1. The molecular formula is C14H13F2N3O4. The third kappa shape index (κ3) is 4.25. The number of hydrogen-bond acceptors (Lipinski definition) is 4. The molecule has 0 aliphatic carbocycles. The predicted octanol–water partition coefficient (Wildman–Crippen LogP) is 2.13. The van der Waals surface area contributed by atoms with Crippen molar-refractivity contribution >= 4 is 17.6 Å². The first-order valence-corrected chi connectivity index (χ1v) is 6.47. The number of benzene rings is 1. The zero-order valence-corrected chi connectivity index (χ0v) is 12.0. The van der Waals surface area contributed by atoms with Gasteiger partial charge in [0.25, 0.3) is 5.91 Å². The van der Waals surface area contributed by atoms with Crippen LogP contribution in [0.5, 0.6) is 5.75 Å². The standard InChI is InChI=1S/C14H13F2N3O4/c1-8-2-3-11(23-14(15)16)9(6-8)18-13(22)10-4-5-17-19(10)7-12(20)21/h2-6,14H,7H2,1H3,(H,18,22)(H,20,21). The summed E-state index contributed by atoms with van der Waals surface area (Å²) in [5.41, 5.74) is 0.760. The Morgan fingerprint density at radius 1 is 1.39 bits per heavy atom. The average Bonchev–Trinajstić information content (AvgIpc) is 2.88. The highest BCUT2D eigenvalue weighted by Gasteiger charge is 2.17. The van der Waals surface area contributed by atoms with Crippen molar-refractivity contribution < 1.29 is 28.2 Å². The monoisotopic (exact) mass is 325 g/mol. The number of hydrogen-bond donors (Lipinski definition) is 2. The number of ether oxygens (including phenoxy) is 1. The van der Waals surface area contributed by atoms with Crippen LogP contribution >= 0.6 is 0 Å². The highest BCUT2D eigenvalue weighted by atomic mass is 19.3. The van der Waals surface area contributed by atoms with Crippen molar-refractivity contribution in [3.63, 3.8) is 0 Å². The van der Waals surface area contributed by atoms with E-state index in [-0.39, 0.29) is 17.1 Å².